The summed E-state index contributed by atoms with van der Waals surface area (Å²) >= 11 is 0. The SMILES string of the molecule is O=C(NN=Cc1ccc(-c2ccc([N+](=O)[O-])cc2)o1)c1ccc2c(c1)OCO2. The topological polar surface area (TPSA) is 116 Å². The number of rotatable bonds is 5. The lowest BCUT2D eigenvalue weighted by Gasteiger charge is -2.01. The van der Waals surface area contributed by atoms with E-state index in [0.29, 0.717) is 34.1 Å². The zero-order valence-electron chi connectivity index (χ0n) is 14.3. The molecule has 0 radical (unpaired) electrons. The second-order valence-electron chi connectivity index (χ2n) is 5.77. The van der Waals surface area contributed by atoms with Gasteiger partial charge in [-0.25, -0.2) is 5.43 Å². The fraction of sp³-hybridized carbons (Fsp3) is 0.0526. The quantitative estimate of drug-likeness (QED) is 0.413. The van der Waals surface area contributed by atoms with Gasteiger partial charge in [-0.15, -0.1) is 0 Å². The molecule has 3 aromatic rings. The molecule has 140 valence electrons. The van der Waals surface area contributed by atoms with Crippen LogP contribution in [0.3, 0.4) is 0 Å². The normalized spacial score (nSPS) is 12.3. The van der Waals surface area contributed by atoms with Crippen LogP contribution in [0, 0.1) is 10.1 Å². The number of hydrogen-bond acceptors (Lipinski definition) is 7. The molecule has 1 amide bonds. The van der Waals surface area contributed by atoms with E-state index in [4.69, 9.17) is 13.9 Å². The van der Waals surface area contributed by atoms with Crippen molar-refractivity contribution in [2.24, 2.45) is 5.10 Å². The molecule has 28 heavy (non-hydrogen) atoms. The Kier molecular flexibility index (Phi) is 4.47. The molecule has 2 aromatic carbocycles. The third kappa shape index (κ3) is 3.54. The van der Waals surface area contributed by atoms with Crippen molar-refractivity contribution >= 4 is 17.8 Å². The zero-order chi connectivity index (χ0) is 19.5. The molecule has 1 aromatic heterocycles. The van der Waals surface area contributed by atoms with Crippen LogP contribution in [0.4, 0.5) is 5.69 Å². The molecular weight excluding hydrogens is 366 g/mol. The van der Waals surface area contributed by atoms with E-state index < -0.39 is 10.8 Å². The first-order valence-corrected chi connectivity index (χ1v) is 8.18. The number of benzene rings is 2. The number of furan rings is 1. The lowest BCUT2D eigenvalue weighted by Crippen LogP contribution is -2.17. The van der Waals surface area contributed by atoms with Gasteiger partial charge in [0.2, 0.25) is 6.79 Å². The summed E-state index contributed by atoms with van der Waals surface area (Å²) in [6.45, 7) is 0.133. The highest BCUT2D eigenvalue weighted by Crippen LogP contribution is 2.32. The molecule has 9 heteroatoms. The number of hydrogen-bond donors (Lipinski definition) is 1. The number of non-ortho nitro benzene ring substituents is 1. The van der Waals surface area contributed by atoms with Gasteiger partial charge in [0, 0.05) is 23.3 Å². The highest BCUT2D eigenvalue weighted by molar-refractivity contribution is 5.95. The second kappa shape index (κ2) is 7.23. The van der Waals surface area contributed by atoms with Gasteiger partial charge in [-0.05, 0) is 42.5 Å². The minimum atomic E-state index is -0.465. The maximum atomic E-state index is 12.1. The smallest absolute Gasteiger partial charge is 0.271 e. The fourth-order valence-corrected chi connectivity index (χ4v) is 2.58. The van der Waals surface area contributed by atoms with Crippen molar-refractivity contribution in [2.45, 2.75) is 0 Å². The first-order valence-electron chi connectivity index (χ1n) is 8.18. The summed E-state index contributed by atoms with van der Waals surface area (Å²) in [5.74, 6) is 1.64. The van der Waals surface area contributed by atoms with Gasteiger partial charge in [-0.2, -0.15) is 5.10 Å². The summed E-state index contributed by atoms with van der Waals surface area (Å²) in [6, 6.07) is 14.2. The number of carbonyl (C=O) groups excluding carboxylic acids is 1. The van der Waals surface area contributed by atoms with Crippen molar-refractivity contribution in [2.75, 3.05) is 6.79 Å². The lowest BCUT2D eigenvalue weighted by molar-refractivity contribution is -0.384. The number of carbonyl (C=O) groups is 1. The Morgan fingerprint density at radius 2 is 1.86 bits per heavy atom. The van der Waals surface area contributed by atoms with Gasteiger partial charge in [-0.3, -0.25) is 14.9 Å². The molecule has 2 heterocycles. The van der Waals surface area contributed by atoms with E-state index in [1.165, 1.54) is 18.3 Å². The van der Waals surface area contributed by atoms with E-state index in [0.717, 1.165) is 0 Å². The summed E-state index contributed by atoms with van der Waals surface area (Å²) in [4.78, 5) is 22.4. The summed E-state index contributed by atoms with van der Waals surface area (Å²) < 4.78 is 16.0. The van der Waals surface area contributed by atoms with E-state index in [9.17, 15) is 14.9 Å². The summed E-state index contributed by atoms with van der Waals surface area (Å²) in [7, 11) is 0. The average Bonchev–Trinajstić information content (AvgIpc) is 3.36. The number of amides is 1. The van der Waals surface area contributed by atoms with Crippen molar-refractivity contribution in [1.29, 1.82) is 0 Å². The van der Waals surface area contributed by atoms with Crippen LogP contribution in [-0.2, 0) is 0 Å². The van der Waals surface area contributed by atoms with Crippen molar-refractivity contribution < 1.29 is 23.6 Å². The minimum absolute atomic E-state index is 0.00308. The molecule has 1 N–H and O–H groups in total. The molecular formula is C19H13N3O6. The number of nitrogens with zero attached hydrogens (tertiary/aromatic N) is 2. The molecule has 0 saturated heterocycles. The molecule has 0 aliphatic carbocycles. The monoisotopic (exact) mass is 379 g/mol. The summed E-state index contributed by atoms with van der Waals surface area (Å²) in [5.41, 5.74) is 3.48. The van der Waals surface area contributed by atoms with Gasteiger partial charge in [0.1, 0.15) is 11.5 Å². The lowest BCUT2D eigenvalue weighted by atomic mass is 10.1. The van der Waals surface area contributed by atoms with Gasteiger partial charge >= 0.3 is 0 Å². The van der Waals surface area contributed by atoms with E-state index in [1.807, 2.05) is 0 Å². The van der Waals surface area contributed by atoms with Gasteiger partial charge in [0.25, 0.3) is 11.6 Å². The highest BCUT2D eigenvalue weighted by Gasteiger charge is 2.16. The Labute approximate surface area is 158 Å². The Morgan fingerprint density at radius 1 is 1.07 bits per heavy atom. The number of nitro groups is 1. The van der Waals surface area contributed by atoms with E-state index >= 15 is 0 Å². The van der Waals surface area contributed by atoms with Crippen molar-refractivity contribution in [1.82, 2.24) is 5.43 Å². The molecule has 0 fully saturated rings. The van der Waals surface area contributed by atoms with E-state index in [-0.39, 0.29) is 12.5 Å². The van der Waals surface area contributed by atoms with Gasteiger partial charge in [-0.1, -0.05) is 0 Å². The standard InChI is InChI=1S/C19H13N3O6/c23-19(13-3-7-17-18(9-13)27-11-26-17)21-20-10-15-6-8-16(28-15)12-1-4-14(5-2-12)22(24)25/h1-10H,11H2,(H,21,23). The molecule has 0 bridgehead atoms. The van der Waals surface area contributed by atoms with Crippen LogP contribution in [0.1, 0.15) is 16.1 Å². The van der Waals surface area contributed by atoms with Crippen LogP contribution >= 0.6 is 0 Å². The number of ether oxygens (including phenoxy) is 2. The molecule has 0 atom stereocenters. The van der Waals surface area contributed by atoms with Crippen LogP contribution in [0.25, 0.3) is 11.3 Å². The predicted octanol–water partition coefficient (Wildman–Crippen LogP) is 3.35. The first-order chi connectivity index (χ1) is 13.6. The van der Waals surface area contributed by atoms with Crippen molar-refractivity contribution in [3.63, 3.8) is 0 Å². The van der Waals surface area contributed by atoms with Crippen LogP contribution in [0.2, 0.25) is 0 Å². The van der Waals surface area contributed by atoms with Crippen LogP contribution in [0.15, 0.2) is 64.1 Å². The number of nitrogens with one attached hydrogen (secondary N) is 1. The number of fused-ring (bicyclic) bond motifs is 1. The molecule has 9 nitrogen and oxygen atoms in total. The largest absolute Gasteiger partial charge is 0.455 e. The molecule has 4 rings (SSSR count). The second-order valence-corrected chi connectivity index (χ2v) is 5.77. The van der Waals surface area contributed by atoms with Crippen LogP contribution in [0.5, 0.6) is 11.5 Å². The van der Waals surface area contributed by atoms with Crippen LogP contribution in [-0.4, -0.2) is 23.8 Å². The minimum Gasteiger partial charge on any atom is -0.455 e. The fourth-order valence-electron chi connectivity index (χ4n) is 2.58. The summed E-state index contributed by atoms with van der Waals surface area (Å²) in [5, 5.41) is 14.6. The summed E-state index contributed by atoms with van der Waals surface area (Å²) in [6.07, 6.45) is 1.36. The maximum absolute atomic E-state index is 12.1. The Morgan fingerprint density at radius 3 is 2.64 bits per heavy atom. The Balaban J connectivity index is 1.40. The third-order valence-electron chi connectivity index (χ3n) is 3.98. The average molecular weight is 379 g/mol. The van der Waals surface area contributed by atoms with Gasteiger partial charge in [0.15, 0.2) is 11.5 Å². The number of hydrazone groups is 1. The Bertz CT molecular complexity index is 1070. The van der Waals surface area contributed by atoms with Gasteiger partial charge in [0.05, 0.1) is 11.1 Å². The van der Waals surface area contributed by atoms with E-state index in [2.05, 4.69) is 10.5 Å². The number of nitro benzene ring substituents is 1. The Hall–Kier alpha value is -4.14. The van der Waals surface area contributed by atoms with E-state index in [1.54, 1.807) is 42.5 Å². The molecule has 0 saturated carbocycles. The third-order valence-corrected chi connectivity index (χ3v) is 3.98. The first kappa shape index (κ1) is 17.3. The van der Waals surface area contributed by atoms with Gasteiger partial charge < -0.3 is 13.9 Å². The molecule has 0 unspecified atom stereocenters. The van der Waals surface area contributed by atoms with Crippen molar-refractivity contribution in [3.8, 4) is 22.8 Å². The van der Waals surface area contributed by atoms with Crippen LogP contribution < -0.4 is 14.9 Å². The zero-order valence-corrected chi connectivity index (χ0v) is 14.3. The molecule has 1 aliphatic heterocycles. The highest BCUT2D eigenvalue weighted by atomic mass is 16.7. The molecule has 0 spiro atoms. The predicted molar refractivity (Wildman–Crippen MR) is 98.4 cm³/mol. The maximum Gasteiger partial charge on any atom is 0.271 e. The van der Waals surface area contributed by atoms with Crippen molar-refractivity contribution in [3.05, 3.63) is 76.0 Å². The molecule has 1 aliphatic rings.